The molecule has 2 atom stereocenters. The Bertz CT molecular complexity index is 828. The highest BCUT2D eigenvalue weighted by molar-refractivity contribution is 7.91. The maximum atomic E-state index is 12.3. The van der Waals surface area contributed by atoms with Gasteiger partial charge in [-0.25, -0.2) is 13.2 Å². The number of nitrogens with zero attached hydrogens (tertiary/aromatic N) is 2. The molecule has 1 aliphatic rings. The van der Waals surface area contributed by atoms with Crippen molar-refractivity contribution in [1.82, 2.24) is 4.90 Å². The summed E-state index contributed by atoms with van der Waals surface area (Å²) in [7, 11) is -3.11. The Morgan fingerprint density at radius 3 is 2.52 bits per heavy atom. The fourth-order valence-electron chi connectivity index (χ4n) is 2.85. The highest BCUT2D eigenvalue weighted by atomic mass is 32.2. The minimum Gasteiger partial charge on any atom is -0.479 e. The second-order valence-corrected chi connectivity index (χ2v) is 8.47. The molecule has 0 radical (unpaired) electrons. The van der Waals surface area contributed by atoms with Crippen LogP contribution in [0.25, 0.3) is 0 Å². The van der Waals surface area contributed by atoms with Crippen molar-refractivity contribution in [2.45, 2.75) is 32.4 Å². The van der Waals surface area contributed by atoms with E-state index in [1.54, 1.807) is 31.2 Å². The number of likely N-dealkylation sites (N-methyl/N-ethyl adjacent to an activating group) is 1. The van der Waals surface area contributed by atoms with Gasteiger partial charge in [0.2, 0.25) is 0 Å². The largest absolute Gasteiger partial charge is 0.479 e. The number of hydrogen-bond acceptors (Lipinski definition) is 7. The van der Waals surface area contributed by atoms with Crippen LogP contribution in [0.2, 0.25) is 0 Å². The van der Waals surface area contributed by atoms with Gasteiger partial charge in [0.1, 0.15) is 5.75 Å². The molecule has 0 unspecified atom stereocenters. The van der Waals surface area contributed by atoms with Crippen LogP contribution in [0.4, 0.5) is 0 Å². The first-order valence-electron chi connectivity index (χ1n) is 8.59. The van der Waals surface area contributed by atoms with E-state index in [-0.39, 0.29) is 17.5 Å². The Balaban J connectivity index is 1.85. The Hall–Kier alpha value is -2.60. The van der Waals surface area contributed by atoms with Crippen LogP contribution in [0.3, 0.4) is 0 Å². The number of amides is 1. The molecule has 1 amide bonds. The van der Waals surface area contributed by atoms with Gasteiger partial charge in [0.25, 0.3) is 5.91 Å². The first kappa shape index (κ1) is 20.7. The zero-order chi connectivity index (χ0) is 20.0. The normalized spacial score (nSPS) is 18.9. The standard InChI is InChI=1S/C18H22N2O6S/c1-3-20(15-8-9-27(23,24)12-15)17(21)11-25-18(22)13(2)26-16-6-4-14(10-19)5-7-16/h4-7,13,15H,3,8-9,11-12H2,1-2H3/t13-,15+/m0/s1. The summed E-state index contributed by atoms with van der Waals surface area (Å²) < 4.78 is 33.6. The third-order valence-corrected chi connectivity index (χ3v) is 6.03. The van der Waals surface area contributed by atoms with Gasteiger partial charge in [-0.05, 0) is 44.5 Å². The topological polar surface area (TPSA) is 114 Å². The Kier molecular flexibility index (Phi) is 6.80. The van der Waals surface area contributed by atoms with Gasteiger partial charge < -0.3 is 14.4 Å². The fourth-order valence-corrected chi connectivity index (χ4v) is 4.58. The molecular weight excluding hydrogens is 372 g/mol. The quantitative estimate of drug-likeness (QED) is 0.631. The van der Waals surface area contributed by atoms with E-state index in [1.165, 1.54) is 11.8 Å². The molecule has 1 aliphatic heterocycles. The van der Waals surface area contributed by atoms with Crippen LogP contribution in [0.1, 0.15) is 25.8 Å². The van der Waals surface area contributed by atoms with Crippen molar-refractivity contribution in [3.8, 4) is 11.8 Å². The van der Waals surface area contributed by atoms with Crippen molar-refractivity contribution in [1.29, 1.82) is 5.26 Å². The van der Waals surface area contributed by atoms with Crippen LogP contribution in [0.15, 0.2) is 24.3 Å². The summed E-state index contributed by atoms with van der Waals surface area (Å²) in [6.45, 7) is 3.12. The molecule has 0 spiro atoms. The van der Waals surface area contributed by atoms with E-state index in [0.29, 0.717) is 24.3 Å². The molecule has 0 N–H and O–H groups in total. The molecule has 8 nitrogen and oxygen atoms in total. The maximum absolute atomic E-state index is 12.3. The lowest BCUT2D eigenvalue weighted by Gasteiger charge is -2.26. The van der Waals surface area contributed by atoms with E-state index in [9.17, 15) is 18.0 Å². The molecule has 0 aliphatic carbocycles. The van der Waals surface area contributed by atoms with Gasteiger partial charge in [-0.3, -0.25) is 4.79 Å². The number of sulfone groups is 1. The van der Waals surface area contributed by atoms with Gasteiger partial charge in [-0.2, -0.15) is 5.26 Å². The van der Waals surface area contributed by atoms with E-state index in [0.717, 1.165) is 0 Å². The molecule has 0 aromatic heterocycles. The Labute approximate surface area is 158 Å². The van der Waals surface area contributed by atoms with Gasteiger partial charge in [0, 0.05) is 12.6 Å². The zero-order valence-corrected chi connectivity index (χ0v) is 16.1. The van der Waals surface area contributed by atoms with Crippen molar-refractivity contribution in [3.05, 3.63) is 29.8 Å². The predicted octanol–water partition coefficient (Wildman–Crippen LogP) is 0.904. The number of benzene rings is 1. The van der Waals surface area contributed by atoms with Crippen molar-refractivity contribution in [2.24, 2.45) is 0 Å². The van der Waals surface area contributed by atoms with E-state index in [4.69, 9.17) is 14.7 Å². The first-order valence-corrected chi connectivity index (χ1v) is 10.4. The van der Waals surface area contributed by atoms with Crippen LogP contribution in [0.5, 0.6) is 5.75 Å². The lowest BCUT2D eigenvalue weighted by atomic mass is 10.2. The summed E-state index contributed by atoms with van der Waals surface area (Å²) in [5.74, 6) is -0.729. The summed E-state index contributed by atoms with van der Waals surface area (Å²) in [6, 6.07) is 7.85. The lowest BCUT2D eigenvalue weighted by molar-refractivity contribution is -0.158. The fraction of sp³-hybridized carbons (Fsp3) is 0.500. The molecule has 2 rings (SSSR count). The lowest BCUT2D eigenvalue weighted by Crippen LogP contribution is -2.43. The highest BCUT2D eigenvalue weighted by Gasteiger charge is 2.34. The number of rotatable bonds is 7. The smallest absolute Gasteiger partial charge is 0.347 e. The minimum absolute atomic E-state index is 0.0568. The zero-order valence-electron chi connectivity index (χ0n) is 15.3. The van der Waals surface area contributed by atoms with Gasteiger partial charge in [-0.1, -0.05) is 0 Å². The molecule has 1 aromatic carbocycles. The number of nitriles is 1. The molecule has 1 saturated heterocycles. The van der Waals surface area contributed by atoms with Crippen LogP contribution >= 0.6 is 0 Å². The number of ether oxygens (including phenoxy) is 2. The average molecular weight is 394 g/mol. The maximum Gasteiger partial charge on any atom is 0.347 e. The summed E-state index contributed by atoms with van der Waals surface area (Å²) in [5.41, 5.74) is 0.469. The summed E-state index contributed by atoms with van der Waals surface area (Å²) in [5, 5.41) is 8.76. The molecule has 1 fully saturated rings. The molecule has 1 heterocycles. The third-order valence-electron chi connectivity index (χ3n) is 4.28. The first-order chi connectivity index (χ1) is 12.8. The summed E-state index contributed by atoms with van der Waals surface area (Å²) in [6.07, 6.45) is -0.540. The Morgan fingerprint density at radius 1 is 1.33 bits per heavy atom. The SMILES string of the molecule is CCN(C(=O)COC(=O)[C@H](C)Oc1ccc(C#N)cc1)[C@@H]1CCS(=O)(=O)C1. The molecule has 0 saturated carbocycles. The van der Waals surface area contributed by atoms with Crippen LogP contribution in [-0.4, -0.2) is 62.0 Å². The molecule has 9 heteroatoms. The molecule has 1 aromatic rings. The second-order valence-electron chi connectivity index (χ2n) is 6.24. The van der Waals surface area contributed by atoms with E-state index in [2.05, 4.69) is 0 Å². The van der Waals surface area contributed by atoms with Gasteiger partial charge in [0.05, 0.1) is 23.1 Å². The van der Waals surface area contributed by atoms with Crippen molar-refractivity contribution in [3.63, 3.8) is 0 Å². The van der Waals surface area contributed by atoms with E-state index < -0.39 is 34.4 Å². The number of carbonyl (C=O) groups is 2. The number of carbonyl (C=O) groups excluding carboxylic acids is 2. The van der Waals surface area contributed by atoms with Crippen molar-refractivity contribution >= 4 is 21.7 Å². The van der Waals surface area contributed by atoms with E-state index in [1.807, 2.05) is 6.07 Å². The summed E-state index contributed by atoms with van der Waals surface area (Å²) in [4.78, 5) is 25.8. The van der Waals surface area contributed by atoms with Crippen LogP contribution in [-0.2, 0) is 24.2 Å². The van der Waals surface area contributed by atoms with Crippen molar-refractivity contribution in [2.75, 3.05) is 24.7 Å². The van der Waals surface area contributed by atoms with Gasteiger partial charge in [-0.15, -0.1) is 0 Å². The molecule has 27 heavy (non-hydrogen) atoms. The van der Waals surface area contributed by atoms with Crippen LogP contribution in [0, 0.1) is 11.3 Å². The predicted molar refractivity (Wildman–Crippen MR) is 96.7 cm³/mol. The van der Waals surface area contributed by atoms with E-state index >= 15 is 0 Å². The number of hydrogen-bond donors (Lipinski definition) is 0. The Morgan fingerprint density at radius 2 is 2.00 bits per heavy atom. The molecule has 0 bridgehead atoms. The van der Waals surface area contributed by atoms with Gasteiger partial charge >= 0.3 is 5.97 Å². The highest BCUT2D eigenvalue weighted by Crippen LogP contribution is 2.18. The molecular formula is C18H22N2O6S. The van der Waals surface area contributed by atoms with Crippen LogP contribution < -0.4 is 4.74 Å². The molecule has 146 valence electrons. The van der Waals surface area contributed by atoms with Gasteiger partial charge in [0.15, 0.2) is 22.5 Å². The minimum atomic E-state index is -3.11. The monoisotopic (exact) mass is 394 g/mol. The second kappa shape index (κ2) is 8.86. The van der Waals surface area contributed by atoms with Crippen molar-refractivity contribution < 1.29 is 27.5 Å². The summed E-state index contributed by atoms with van der Waals surface area (Å²) >= 11 is 0. The number of esters is 1. The third kappa shape index (κ3) is 5.69. The average Bonchev–Trinajstić information content (AvgIpc) is 3.00.